The molecule has 112 valence electrons. The summed E-state index contributed by atoms with van der Waals surface area (Å²) in [5, 5.41) is 5.12. The topological polar surface area (TPSA) is 38.3 Å². The number of rotatable bonds is 5. The lowest BCUT2D eigenvalue weighted by atomic mass is 10.1. The van der Waals surface area contributed by atoms with E-state index in [2.05, 4.69) is 19.2 Å². The van der Waals surface area contributed by atoms with Gasteiger partial charge in [0.1, 0.15) is 5.75 Å². The standard InChI is InChI=1S/C18H23NO2/c1-12(2)13(3)19-18(20)14(4)21-17-11-7-9-15-8-5-6-10-16(15)17/h5-14H,1-4H3,(H,19,20)/t13-,14-/m0/s1. The van der Waals surface area contributed by atoms with E-state index in [0.717, 1.165) is 16.5 Å². The van der Waals surface area contributed by atoms with Crippen LogP contribution < -0.4 is 10.1 Å². The van der Waals surface area contributed by atoms with Crippen molar-refractivity contribution < 1.29 is 9.53 Å². The highest BCUT2D eigenvalue weighted by Gasteiger charge is 2.18. The largest absolute Gasteiger partial charge is 0.480 e. The zero-order valence-corrected chi connectivity index (χ0v) is 13.1. The molecule has 0 bridgehead atoms. The number of hydrogen-bond donors (Lipinski definition) is 1. The Labute approximate surface area is 126 Å². The van der Waals surface area contributed by atoms with Crippen LogP contribution in [0.25, 0.3) is 10.8 Å². The highest BCUT2D eigenvalue weighted by molar-refractivity contribution is 5.89. The Morgan fingerprint density at radius 2 is 1.67 bits per heavy atom. The number of benzene rings is 2. The molecule has 0 aliphatic carbocycles. The van der Waals surface area contributed by atoms with Crippen LogP contribution >= 0.6 is 0 Å². The maximum Gasteiger partial charge on any atom is 0.260 e. The van der Waals surface area contributed by atoms with Crippen molar-refractivity contribution in [1.29, 1.82) is 0 Å². The quantitative estimate of drug-likeness (QED) is 0.908. The first-order valence-electron chi connectivity index (χ1n) is 7.44. The van der Waals surface area contributed by atoms with Gasteiger partial charge in [-0.3, -0.25) is 4.79 Å². The van der Waals surface area contributed by atoms with Gasteiger partial charge in [-0.2, -0.15) is 0 Å². The number of carbonyl (C=O) groups is 1. The Morgan fingerprint density at radius 1 is 1.00 bits per heavy atom. The van der Waals surface area contributed by atoms with E-state index in [0.29, 0.717) is 5.92 Å². The van der Waals surface area contributed by atoms with Crippen molar-refractivity contribution in [3.8, 4) is 5.75 Å². The summed E-state index contributed by atoms with van der Waals surface area (Å²) in [6.07, 6.45) is -0.517. The monoisotopic (exact) mass is 285 g/mol. The van der Waals surface area contributed by atoms with Crippen molar-refractivity contribution >= 4 is 16.7 Å². The maximum absolute atomic E-state index is 12.2. The van der Waals surface area contributed by atoms with Gasteiger partial charge >= 0.3 is 0 Å². The molecule has 3 heteroatoms. The van der Waals surface area contributed by atoms with Crippen molar-refractivity contribution in [2.24, 2.45) is 5.92 Å². The molecule has 0 spiro atoms. The smallest absolute Gasteiger partial charge is 0.260 e. The molecule has 1 amide bonds. The molecule has 0 unspecified atom stereocenters. The first kappa shape index (κ1) is 15.4. The summed E-state index contributed by atoms with van der Waals surface area (Å²) in [7, 11) is 0. The van der Waals surface area contributed by atoms with E-state index in [1.165, 1.54) is 0 Å². The lowest BCUT2D eigenvalue weighted by Crippen LogP contribution is -2.43. The van der Waals surface area contributed by atoms with Gasteiger partial charge in [-0.1, -0.05) is 50.2 Å². The highest BCUT2D eigenvalue weighted by Crippen LogP contribution is 2.26. The Hall–Kier alpha value is -2.03. The second-order valence-electron chi connectivity index (χ2n) is 5.78. The minimum absolute atomic E-state index is 0.0795. The predicted octanol–water partition coefficient (Wildman–Crippen LogP) is 3.77. The van der Waals surface area contributed by atoms with Gasteiger partial charge in [0, 0.05) is 11.4 Å². The number of hydrogen-bond acceptors (Lipinski definition) is 2. The molecule has 2 aromatic carbocycles. The van der Waals surface area contributed by atoms with Crippen LogP contribution in [-0.4, -0.2) is 18.1 Å². The third kappa shape index (κ3) is 3.75. The lowest BCUT2D eigenvalue weighted by molar-refractivity contribution is -0.128. The summed E-state index contributed by atoms with van der Waals surface area (Å²) >= 11 is 0. The first-order chi connectivity index (χ1) is 9.99. The summed E-state index contributed by atoms with van der Waals surface area (Å²) in [6, 6.07) is 14.0. The minimum Gasteiger partial charge on any atom is -0.480 e. The van der Waals surface area contributed by atoms with Gasteiger partial charge in [-0.25, -0.2) is 0 Å². The van der Waals surface area contributed by atoms with Crippen molar-refractivity contribution in [2.75, 3.05) is 0 Å². The molecule has 0 aliphatic heterocycles. The molecule has 2 aromatic rings. The summed E-state index contributed by atoms with van der Waals surface area (Å²) in [6.45, 7) is 7.96. The average Bonchev–Trinajstić information content (AvgIpc) is 2.47. The molecular weight excluding hydrogens is 262 g/mol. The fraction of sp³-hybridized carbons (Fsp3) is 0.389. The SMILES string of the molecule is CC(C)[C@H](C)NC(=O)[C@H](C)Oc1cccc2ccccc12. The number of fused-ring (bicyclic) bond motifs is 1. The molecule has 0 aliphatic rings. The molecule has 1 N–H and O–H groups in total. The fourth-order valence-corrected chi connectivity index (χ4v) is 2.05. The first-order valence-corrected chi connectivity index (χ1v) is 7.44. The van der Waals surface area contributed by atoms with E-state index in [1.54, 1.807) is 6.92 Å². The van der Waals surface area contributed by atoms with Crippen LogP contribution in [0.15, 0.2) is 42.5 Å². The third-order valence-corrected chi connectivity index (χ3v) is 3.79. The molecular formula is C18H23NO2. The van der Waals surface area contributed by atoms with Crippen molar-refractivity contribution in [2.45, 2.75) is 39.8 Å². The maximum atomic E-state index is 12.2. The van der Waals surface area contributed by atoms with Crippen LogP contribution in [0.5, 0.6) is 5.75 Å². The number of amides is 1. The Bertz CT molecular complexity index is 616. The van der Waals surface area contributed by atoms with Gasteiger partial charge in [-0.05, 0) is 31.2 Å². The van der Waals surface area contributed by atoms with E-state index in [4.69, 9.17) is 4.74 Å². The highest BCUT2D eigenvalue weighted by atomic mass is 16.5. The normalized spacial score (nSPS) is 14.0. The van der Waals surface area contributed by atoms with Crippen LogP contribution in [0.2, 0.25) is 0 Å². The van der Waals surface area contributed by atoms with Crippen LogP contribution in [0.4, 0.5) is 0 Å². The van der Waals surface area contributed by atoms with E-state index >= 15 is 0 Å². The number of ether oxygens (including phenoxy) is 1. The van der Waals surface area contributed by atoms with Crippen LogP contribution in [0.3, 0.4) is 0 Å². The minimum atomic E-state index is -0.517. The molecule has 21 heavy (non-hydrogen) atoms. The van der Waals surface area contributed by atoms with Crippen LogP contribution in [0.1, 0.15) is 27.7 Å². The fourth-order valence-electron chi connectivity index (χ4n) is 2.05. The number of nitrogens with one attached hydrogen (secondary N) is 1. The van der Waals surface area contributed by atoms with Gasteiger partial charge in [0.05, 0.1) is 0 Å². The molecule has 3 nitrogen and oxygen atoms in total. The zero-order chi connectivity index (χ0) is 15.4. The van der Waals surface area contributed by atoms with Crippen molar-refractivity contribution in [1.82, 2.24) is 5.32 Å². The molecule has 0 fully saturated rings. The Balaban J connectivity index is 2.11. The van der Waals surface area contributed by atoms with Gasteiger partial charge < -0.3 is 10.1 Å². The van der Waals surface area contributed by atoms with E-state index in [-0.39, 0.29) is 11.9 Å². The summed E-state index contributed by atoms with van der Waals surface area (Å²) in [4.78, 5) is 12.2. The molecule has 0 saturated heterocycles. The van der Waals surface area contributed by atoms with Crippen LogP contribution in [0, 0.1) is 5.92 Å². The molecule has 2 atom stereocenters. The predicted molar refractivity (Wildman–Crippen MR) is 86.5 cm³/mol. The lowest BCUT2D eigenvalue weighted by Gasteiger charge is -2.21. The van der Waals surface area contributed by atoms with E-state index in [9.17, 15) is 4.79 Å². The second kappa shape index (κ2) is 6.61. The molecule has 0 saturated carbocycles. The van der Waals surface area contributed by atoms with Crippen LogP contribution in [-0.2, 0) is 4.79 Å². The molecule has 2 rings (SSSR count). The van der Waals surface area contributed by atoms with Crippen molar-refractivity contribution in [3.05, 3.63) is 42.5 Å². The second-order valence-corrected chi connectivity index (χ2v) is 5.78. The summed E-state index contributed by atoms with van der Waals surface area (Å²) in [5.74, 6) is 1.07. The Morgan fingerprint density at radius 3 is 2.38 bits per heavy atom. The van der Waals surface area contributed by atoms with Gasteiger partial charge in [0.25, 0.3) is 5.91 Å². The Kier molecular flexibility index (Phi) is 4.84. The molecule has 0 aromatic heterocycles. The molecule has 0 heterocycles. The van der Waals surface area contributed by atoms with Crippen molar-refractivity contribution in [3.63, 3.8) is 0 Å². The average molecular weight is 285 g/mol. The van der Waals surface area contributed by atoms with E-state index in [1.807, 2.05) is 49.4 Å². The zero-order valence-electron chi connectivity index (χ0n) is 13.1. The summed E-state index contributed by atoms with van der Waals surface area (Å²) in [5.41, 5.74) is 0. The van der Waals surface area contributed by atoms with Gasteiger partial charge in [0.2, 0.25) is 0 Å². The third-order valence-electron chi connectivity index (χ3n) is 3.79. The van der Waals surface area contributed by atoms with Gasteiger partial charge in [-0.15, -0.1) is 0 Å². The molecule has 0 radical (unpaired) electrons. The summed E-state index contributed by atoms with van der Waals surface area (Å²) < 4.78 is 5.86. The van der Waals surface area contributed by atoms with Gasteiger partial charge in [0.15, 0.2) is 6.10 Å². The van der Waals surface area contributed by atoms with E-state index < -0.39 is 6.10 Å². The number of carbonyl (C=O) groups excluding carboxylic acids is 1.